The zero-order chi connectivity index (χ0) is 17.0. The Bertz CT molecular complexity index is 728. The van der Waals surface area contributed by atoms with Gasteiger partial charge in [0, 0.05) is 18.2 Å². The molecular formula is C15H15ClN2O5. The van der Waals surface area contributed by atoms with E-state index in [1.165, 1.54) is 25.3 Å². The number of carbonyl (C=O) groups is 1. The first-order valence-electron chi connectivity index (χ1n) is 6.72. The van der Waals surface area contributed by atoms with Gasteiger partial charge in [0.15, 0.2) is 0 Å². The Hall–Kier alpha value is -2.38. The van der Waals surface area contributed by atoms with Crippen molar-refractivity contribution in [2.24, 2.45) is 0 Å². The van der Waals surface area contributed by atoms with E-state index < -0.39 is 16.9 Å². The zero-order valence-electron chi connectivity index (χ0n) is 12.5. The number of hydrogen-bond acceptors (Lipinski definition) is 5. The van der Waals surface area contributed by atoms with Crippen LogP contribution in [0.25, 0.3) is 0 Å². The van der Waals surface area contributed by atoms with E-state index in [9.17, 15) is 14.9 Å². The summed E-state index contributed by atoms with van der Waals surface area (Å²) in [5, 5.41) is 14.0. The van der Waals surface area contributed by atoms with Crippen molar-refractivity contribution in [2.45, 2.75) is 13.0 Å². The van der Waals surface area contributed by atoms with Gasteiger partial charge in [-0.1, -0.05) is 11.6 Å². The molecule has 1 heterocycles. The Morgan fingerprint density at radius 3 is 2.74 bits per heavy atom. The monoisotopic (exact) mass is 338 g/mol. The molecule has 1 amide bonds. The van der Waals surface area contributed by atoms with Crippen molar-refractivity contribution < 1.29 is 18.9 Å². The van der Waals surface area contributed by atoms with Crippen LogP contribution in [0.1, 0.15) is 27.9 Å². The number of amides is 1. The van der Waals surface area contributed by atoms with Crippen molar-refractivity contribution in [3.8, 4) is 0 Å². The second kappa shape index (κ2) is 7.26. The highest BCUT2D eigenvalue weighted by atomic mass is 35.5. The van der Waals surface area contributed by atoms with Crippen LogP contribution in [0.5, 0.6) is 0 Å². The van der Waals surface area contributed by atoms with Gasteiger partial charge < -0.3 is 14.5 Å². The zero-order valence-corrected chi connectivity index (χ0v) is 13.3. The van der Waals surface area contributed by atoms with Gasteiger partial charge in [0.05, 0.1) is 11.5 Å². The van der Waals surface area contributed by atoms with Crippen molar-refractivity contribution >= 4 is 23.2 Å². The lowest BCUT2D eigenvalue weighted by atomic mass is 10.1. The molecule has 0 spiro atoms. The van der Waals surface area contributed by atoms with Crippen LogP contribution >= 0.6 is 11.6 Å². The standard InChI is InChI=1S/C15H15ClN2O5/c1-9-3-6-14(23-9)12(8-22-2)17-15(19)11-7-10(16)4-5-13(11)18(20)21/h3-7,12H,8H2,1-2H3,(H,17,19)/t12-/m1/s1. The summed E-state index contributed by atoms with van der Waals surface area (Å²) in [7, 11) is 1.48. The number of aryl methyl sites for hydroxylation is 1. The van der Waals surface area contributed by atoms with E-state index in [-0.39, 0.29) is 22.9 Å². The van der Waals surface area contributed by atoms with Crippen molar-refractivity contribution in [1.82, 2.24) is 5.32 Å². The molecule has 122 valence electrons. The number of halogens is 1. The predicted molar refractivity (Wildman–Crippen MR) is 83.6 cm³/mol. The van der Waals surface area contributed by atoms with E-state index in [0.29, 0.717) is 11.5 Å². The minimum absolute atomic E-state index is 0.119. The maximum absolute atomic E-state index is 12.4. The Morgan fingerprint density at radius 2 is 2.17 bits per heavy atom. The molecule has 1 atom stereocenters. The van der Waals surface area contributed by atoms with Crippen LogP contribution in [0.15, 0.2) is 34.7 Å². The highest BCUT2D eigenvalue weighted by Gasteiger charge is 2.24. The number of methoxy groups -OCH3 is 1. The smallest absolute Gasteiger partial charge is 0.282 e. The van der Waals surface area contributed by atoms with Crippen molar-refractivity contribution in [1.29, 1.82) is 0 Å². The molecule has 7 nitrogen and oxygen atoms in total. The summed E-state index contributed by atoms with van der Waals surface area (Å²) in [4.78, 5) is 22.8. The van der Waals surface area contributed by atoms with Gasteiger partial charge in [-0.2, -0.15) is 0 Å². The van der Waals surface area contributed by atoms with Crippen LogP contribution in [-0.4, -0.2) is 24.5 Å². The number of nitro benzene ring substituents is 1. The van der Waals surface area contributed by atoms with Gasteiger partial charge in [-0.05, 0) is 31.2 Å². The minimum atomic E-state index is -0.631. The maximum atomic E-state index is 12.4. The number of benzene rings is 1. The third-order valence-corrected chi connectivity index (χ3v) is 3.38. The molecule has 0 saturated carbocycles. The first kappa shape index (κ1) is 17.0. The molecule has 2 rings (SSSR count). The van der Waals surface area contributed by atoms with Crippen LogP contribution in [0.2, 0.25) is 5.02 Å². The topological polar surface area (TPSA) is 94.6 Å². The van der Waals surface area contributed by atoms with Crippen LogP contribution in [0.3, 0.4) is 0 Å². The van der Waals surface area contributed by atoms with E-state index in [1.807, 2.05) is 0 Å². The van der Waals surface area contributed by atoms with E-state index in [4.69, 9.17) is 20.8 Å². The molecule has 1 aromatic heterocycles. The van der Waals surface area contributed by atoms with Gasteiger partial charge in [-0.3, -0.25) is 14.9 Å². The molecule has 1 aromatic carbocycles. The summed E-state index contributed by atoms with van der Waals surface area (Å²) in [5.41, 5.74) is -0.439. The third-order valence-electron chi connectivity index (χ3n) is 3.14. The van der Waals surface area contributed by atoms with E-state index >= 15 is 0 Å². The summed E-state index contributed by atoms with van der Waals surface area (Å²) < 4.78 is 10.6. The normalized spacial score (nSPS) is 12.0. The van der Waals surface area contributed by atoms with E-state index in [0.717, 1.165) is 0 Å². The number of carbonyl (C=O) groups excluding carboxylic acids is 1. The van der Waals surface area contributed by atoms with Crippen LogP contribution < -0.4 is 5.32 Å². The molecule has 2 aromatic rings. The SMILES string of the molecule is COC[C@@H](NC(=O)c1cc(Cl)ccc1[N+](=O)[O-])c1ccc(C)o1. The Balaban J connectivity index is 2.29. The first-order chi connectivity index (χ1) is 10.9. The molecule has 0 unspecified atom stereocenters. The van der Waals surface area contributed by atoms with Gasteiger partial charge in [0.25, 0.3) is 11.6 Å². The lowest BCUT2D eigenvalue weighted by Crippen LogP contribution is -2.31. The number of ether oxygens (including phenoxy) is 1. The molecule has 1 N–H and O–H groups in total. The van der Waals surface area contributed by atoms with Gasteiger partial charge in [0.2, 0.25) is 0 Å². The fraction of sp³-hybridized carbons (Fsp3) is 0.267. The molecule has 0 aliphatic carbocycles. The number of hydrogen-bond donors (Lipinski definition) is 1. The minimum Gasteiger partial charge on any atom is -0.464 e. The van der Waals surface area contributed by atoms with Crippen molar-refractivity contribution in [3.05, 3.63) is 62.6 Å². The maximum Gasteiger partial charge on any atom is 0.282 e. The second-order valence-corrected chi connectivity index (χ2v) is 5.28. The van der Waals surface area contributed by atoms with Crippen LogP contribution in [0, 0.1) is 17.0 Å². The number of nitro groups is 1. The second-order valence-electron chi connectivity index (χ2n) is 4.85. The molecule has 8 heteroatoms. The molecule has 0 radical (unpaired) electrons. The van der Waals surface area contributed by atoms with Gasteiger partial charge in [0.1, 0.15) is 23.1 Å². The average Bonchev–Trinajstić information content (AvgIpc) is 2.92. The van der Waals surface area contributed by atoms with Crippen molar-refractivity contribution in [2.75, 3.05) is 13.7 Å². The number of nitrogens with one attached hydrogen (secondary N) is 1. The van der Waals surface area contributed by atoms with Gasteiger partial charge in [-0.25, -0.2) is 0 Å². The summed E-state index contributed by atoms with van der Waals surface area (Å²) in [6.07, 6.45) is 0. The van der Waals surface area contributed by atoms with Crippen LogP contribution in [-0.2, 0) is 4.74 Å². The average molecular weight is 339 g/mol. The fourth-order valence-corrected chi connectivity index (χ4v) is 2.26. The number of furan rings is 1. The third kappa shape index (κ3) is 4.08. The van der Waals surface area contributed by atoms with Crippen molar-refractivity contribution in [3.63, 3.8) is 0 Å². The highest BCUT2D eigenvalue weighted by molar-refractivity contribution is 6.31. The quantitative estimate of drug-likeness (QED) is 0.644. The summed E-state index contributed by atoms with van der Waals surface area (Å²) in [6, 6.07) is 6.71. The Labute approximate surface area is 137 Å². The number of rotatable bonds is 6. The molecule has 0 fully saturated rings. The predicted octanol–water partition coefficient (Wildman–Crippen LogP) is 3.27. The molecular weight excluding hydrogens is 324 g/mol. The largest absolute Gasteiger partial charge is 0.464 e. The number of nitrogens with zero attached hydrogens (tertiary/aromatic N) is 1. The van der Waals surface area contributed by atoms with E-state index in [1.54, 1.807) is 19.1 Å². The highest BCUT2D eigenvalue weighted by Crippen LogP contribution is 2.24. The molecule has 0 saturated heterocycles. The fourth-order valence-electron chi connectivity index (χ4n) is 2.09. The summed E-state index contributed by atoms with van der Waals surface area (Å²) in [6.45, 7) is 1.93. The molecule has 23 heavy (non-hydrogen) atoms. The van der Waals surface area contributed by atoms with Crippen LogP contribution in [0.4, 0.5) is 5.69 Å². The Morgan fingerprint density at radius 1 is 1.43 bits per heavy atom. The molecule has 0 aliphatic heterocycles. The first-order valence-corrected chi connectivity index (χ1v) is 7.10. The molecule has 0 bridgehead atoms. The lowest BCUT2D eigenvalue weighted by molar-refractivity contribution is -0.385. The summed E-state index contributed by atoms with van der Waals surface area (Å²) in [5.74, 6) is 0.557. The Kier molecular flexibility index (Phi) is 5.36. The lowest BCUT2D eigenvalue weighted by Gasteiger charge is -2.16. The van der Waals surface area contributed by atoms with Gasteiger partial charge in [-0.15, -0.1) is 0 Å². The summed E-state index contributed by atoms with van der Waals surface area (Å²) >= 11 is 5.84. The molecule has 0 aliphatic rings. The van der Waals surface area contributed by atoms with E-state index in [2.05, 4.69) is 5.32 Å². The van der Waals surface area contributed by atoms with Gasteiger partial charge >= 0.3 is 0 Å².